The highest BCUT2D eigenvalue weighted by Gasteiger charge is 2.43. The number of rotatable bonds is 7. The lowest BCUT2D eigenvalue weighted by molar-refractivity contribution is -0.148. The van der Waals surface area contributed by atoms with Gasteiger partial charge in [0, 0.05) is 20.2 Å². The first-order chi connectivity index (χ1) is 10.1. The van der Waals surface area contributed by atoms with Crippen molar-refractivity contribution < 1.29 is 14.6 Å². The predicted octanol–water partition coefficient (Wildman–Crippen LogP) is 2.91. The molecule has 0 bridgehead atoms. The maximum absolute atomic E-state index is 11.6. The number of ether oxygens (including phenoxy) is 1. The second-order valence-corrected chi connectivity index (χ2v) is 6.05. The van der Waals surface area contributed by atoms with E-state index in [9.17, 15) is 9.90 Å². The fraction of sp³-hybridized carbons (Fsp3) is 0.588. The fourth-order valence-electron chi connectivity index (χ4n) is 3.22. The van der Waals surface area contributed by atoms with E-state index in [0.29, 0.717) is 13.2 Å². The third-order valence-electron chi connectivity index (χ3n) is 4.36. The van der Waals surface area contributed by atoms with Crippen LogP contribution in [0.25, 0.3) is 0 Å². The number of hydrogen-bond acceptors (Lipinski definition) is 3. The third-order valence-corrected chi connectivity index (χ3v) is 4.36. The first kappa shape index (κ1) is 16.0. The van der Waals surface area contributed by atoms with Crippen LogP contribution in [0.15, 0.2) is 24.3 Å². The first-order valence-electron chi connectivity index (χ1n) is 7.62. The van der Waals surface area contributed by atoms with Crippen molar-refractivity contribution >= 4 is 5.97 Å². The number of methoxy groups -OCH3 is 1. The first-order valence-corrected chi connectivity index (χ1v) is 7.62. The van der Waals surface area contributed by atoms with E-state index in [1.807, 2.05) is 0 Å². The number of benzene rings is 1. The summed E-state index contributed by atoms with van der Waals surface area (Å²) >= 11 is 0. The summed E-state index contributed by atoms with van der Waals surface area (Å²) in [4.78, 5) is 13.8. The number of nitrogens with zero attached hydrogens (tertiary/aromatic N) is 1. The molecule has 1 fully saturated rings. The van der Waals surface area contributed by atoms with Gasteiger partial charge in [0.2, 0.25) is 0 Å². The summed E-state index contributed by atoms with van der Waals surface area (Å²) in [6, 6.07) is 8.36. The lowest BCUT2D eigenvalue weighted by Crippen LogP contribution is -2.34. The number of carboxylic acid groups (broad SMARTS) is 1. The van der Waals surface area contributed by atoms with E-state index >= 15 is 0 Å². The smallest absolute Gasteiger partial charge is 0.310 e. The highest BCUT2D eigenvalue weighted by molar-refractivity contribution is 5.75. The molecule has 0 spiro atoms. The number of aliphatic carboxylic acids is 1. The number of likely N-dealkylation sites (tertiary alicyclic amines) is 1. The molecule has 1 aliphatic heterocycles. The van der Waals surface area contributed by atoms with Crippen LogP contribution in [-0.4, -0.2) is 36.2 Å². The SMILES string of the molecule is CCCC1(C(=O)O)CCN(Cc2ccc(COC)cc2)C1. The summed E-state index contributed by atoms with van der Waals surface area (Å²) in [5.74, 6) is -0.637. The fourth-order valence-corrected chi connectivity index (χ4v) is 3.22. The van der Waals surface area contributed by atoms with Gasteiger partial charge in [-0.2, -0.15) is 0 Å². The zero-order chi connectivity index (χ0) is 15.3. The second-order valence-electron chi connectivity index (χ2n) is 6.05. The Morgan fingerprint density at radius 2 is 2.00 bits per heavy atom. The van der Waals surface area contributed by atoms with Crippen LogP contribution in [0, 0.1) is 5.41 Å². The van der Waals surface area contributed by atoms with Gasteiger partial charge < -0.3 is 9.84 Å². The van der Waals surface area contributed by atoms with Gasteiger partial charge in [0.05, 0.1) is 12.0 Å². The van der Waals surface area contributed by atoms with Gasteiger partial charge in [-0.3, -0.25) is 9.69 Å². The summed E-state index contributed by atoms with van der Waals surface area (Å²) < 4.78 is 5.11. The van der Waals surface area contributed by atoms with Crippen molar-refractivity contribution in [3.05, 3.63) is 35.4 Å². The Morgan fingerprint density at radius 1 is 1.33 bits per heavy atom. The Kier molecular flexibility index (Phi) is 5.37. The summed E-state index contributed by atoms with van der Waals surface area (Å²) in [6.45, 7) is 5.04. The van der Waals surface area contributed by atoms with E-state index in [1.165, 1.54) is 5.56 Å². The van der Waals surface area contributed by atoms with Crippen molar-refractivity contribution in [1.82, 2.24) is 4.90 Å². The van der Waals surface area contributed by atoms with Gasteiger partial charge in [-0.05, 0) is 30.5 Å². The Labute approximate surface area is 126 Å². The minimum Gasteiger partial charge on any atom is -0.481 e. The van der Waals surface area contributed by atoms with Crippen LogP contribution in [0.4, 0.5) is 0 Å². The van der Waals surface area contributed by atoms with Crippen molar-refractivity contribution in [2.24, 2.45) is 5.41 Å². The zero-order valence-corrected chi connectivity index (χ0v) is 13.0. The number of carboxylic acids is 1. The molecular weight excluding hydrogens is 266 g/mol. The van der Waals surface area contributed by atoms with E-state index < -0.39 is 11.4 Å². The van der Waals surface area contributed by atoms with E-state index in [1.54, 1.807) is 7.11 Å². The lowest BCUT2D eigenvalue weighted by Gasteiger charge is -2.24. The van der Waals surface area contributed by atoms with Gasteiger partial charge in [-0.25, -0.2) is 0 Å². The van der Waals surface area contributed by atoms with Crippen LogP contribution in [0.3, 0.4) is 0 Å². The van der Waals surface area contributed by atoms with Crippen LogP contribution in [0.1, 0.15) is 37.3 Å². The maximum Gasteiger partial charge on any atom is 0.310 e. The zero-order valence-electron chi connectivity index (χ0n) is 13.0. The molecule has 4 heteroatoms. The summed E-state index contributed by atoms with van der Waals surface area (Å²) in [7, 11) is 1.69. The molecule has 1 atom stereocenters. The van der Waals surface area contributed by atoms with Crippen LogP contribution in [0.2, 0.25) is 0 Å². The van der Waals surface area contributed by atoms with Crippen molar-refractivity contribution in [3.8, 4) is 0 Å². The third kappa shape index (κ3) is 3.83. The van der Waals surface area contributed by atoms with Crippen molar-refractivity contribution in [2.45, 2.75) is 39.3 Å². The average molecular weight is 291 g/mol. The summed E-state index contributed by atoms with van der Waals surface area (Å²) in [5.41, 5.74) is 1.85. The van der Waals surface area contributed by atoms with Gasteiger partial charge in [-0.1, -0.05) is 37.6 Å². The largest absolute Gasteiger partial charge is 0.481 e. The van der Waals surface area contributed by atoms with Gasteiger partial charge in [0.1, 0.15) is 0 Å². The van der Waals surface area contributed by atoms with E-state index in [4.69, 9.17) is 4.74 Å². The molecule has 0 saturated carbocycles. The Hall–Kier alpha value is -1.39. The van der Waals surface area contributed by atoms with Crippen LogP contribution >= 0.6 is 0 Å². The monoisotopic (exact) mass is 291 g/mol. The molecule has 2 rings (SSSR count). The molecule has 0 aromatic heterocycles. The van der Waals surface area contributed by atoms with Crippen LogP contribution in [0.5, 0.6) is 0 Å². The molecule has 0 radical (unpaired) electrons. The Balaban J connectivity index is 1.96. The van der Waals surface area contributed by atoms with Crippen molar-refractivity contribution in [2.75, 3.05) is 20.2 Å². The molecule has 116 valence electrons. The molecule has 4 nitrogen and oxygen atoms in total. The average Bonchev–Trinajstić information content (AvgIpc) is 2.86. The van der Waals surface area contributed by atoms with Gasteiger partial charge in [-0.15, -0.1) is 0 Å². The second kappa shape index (κ2) is 7.05. The molecular formula is C17H25NO3. The topological polar surface area (TPSA) is 49.8 Å². The molecule has 1 unspecified atom stereocenters. The standard InChI is InChI=1S/C17H25NO3/c1-3-8-17(16(19)20)9-10-18(13-17)11-14-4-6-15(7-5-14)12-21-2/h4-7H,3,8-13H2,1-2H3,(H,19,20). The molecule has 1 aromatic carbocycles. The Morgan fingerprint density at radius 3 is 2.57 bits per heavy atom. The predicted molar refractivity (Wildman–Crippen MR) is 82.0 cm³/mol. The molecule has 21 heavy (non-hydrogen) atoms. The van der Waals surface area contributed by atoms with Crippen LogP contribution < -0.4 is 0 Å². The summed E-state index contributed by atoms with van der Waals surface area (Å²) in [6.07, 6.45) is 2.45. The molecule has 1 aromatic rings. The van der Waals surface area contributed by atoms with Gasteiger partial charge in [0.15, 0.2) is 0 Å². The van der Waals surface area contributed by atoms with Gasteiger partial charge in [0.25, 0.3) is 0 Å². The molecule has 1 N–H and O–H groups in total. The van der Waals surface area contributed by atoms with Crippen LogP contribution in [-0.2, 0) is 22.7 Å². The summed E-state index contributed by atoms with van der Waals surface area (Å²) in [5, 5.41) is 9.53. The van der Waals surface area contributed by atoms with E-state index in [0.717, 1.165) is 37.9 Å². The number of carbonyl (C=O) groups is 1. The quantitative estimate of drug-likeness (QED) is 0.839. The highest BCUT2D eigenvalue weighted by atomic mass is 16.5. The maximum atomic E-state index is 11.6. The van der Waals surface area contributed by atoms with Crippen molar-refractivity contribution in [1.29, 1.82) is 0 Å². The van der Waals surface area contributed by atoms with E-state index in [2.05, 4.69) is 36.1 Å². The number of hydrogen-bond donors (Lipinski definition) is 1. The Bertz CT molecular complexity index is 471. The van der Waals surface area contributed by atoms with E-state index in [-0.39, 0.29) is 0 Å². The van der Waals surface area contributed by atoms with Gasteiger partial charge >= 0.3 is 5.97 Å². The molecule has 0 amide bonds. The minimum atomic E-state index is -0.637. The minimum absolute atomic E-state index is 0.537. The molecule has 0 aliphatic carbocycles. The molecule has 1 heterocycles. The lowest BCUT2D eigenvalue weighted by atomic mass is 9.83. The highest BCUT2D eigenvalue weighted by Crippen LogP contribution is 2.36. The van der Waals surface area contributed by atoms with Crippen molar-refractivity contribution in [3.63, 3.8) is 0 Å². The normalized spacial score (nSPS) is 22.6. The molecule has 1 saturated heterocycles. The molecule has 1 aliphatic rings.